The monoisotopic (exact) mass is 1960 g/mol. The van der Waals surface area contributed by atoms with Crippen molar-refractivity contribution in [1.29, 1.82) is 0 Å². The van der Waals surface area contributed by atoms with E-state index < -0.39 is 229 Å². The number of rotatable bonds is 16. The van der Waals surface area contributed by atoms with Crippen molar-refractivity contribution in [2.45, 2.75) is 124 Å². The van der Waals surface area contributed by atoms with Gasteiger partial charge >= 0.3 is 31.3 Å². The molecule has 128 heavy (non-hydrogen) atoms. The second kappa shape index (κ2) is 37.3. The molecule has 56 heteroatoms. The summed E-state index contributed by atoms with van der Waals surface area (Å²) in [5.41, 5.74) is -3.50. The van der Waals surface area contributed by atoms with Crippen molar-refractivity contribution in [3.8, 4) is 72.4 Å². The molecule has 40 nitrogen and oxygen atoms in total. The number of phosphoric acid groups is 4. The Morgan fingerprint density at radius 2 is 0.648 bits per heavy atom. The minimum Gasteiger partial charge on any atom is -0.404 e. The zero-order valence-electron chi connectivity index (χ0n) is 69.2. The van der Waals surface area contributed by atoms with Gasteiger partial charge in [0.1, 0.15) is 144 Å². The van der Waals surface area contributed by atoms with Crippen molar-refractivity contribution in [1.82, 2.24) is 38.2 Å². The van der Waals surface area contributed by atoms with Gasteiger partial charge in [0.25, 0.3) is 45.7 Å². The third kappa shape index (κ3) is 20.0. The molecule has 680 valence electrons. The van der Waals surface area contributed by atoms with Gasteiger partial charge < -0.3 is 77.9 Å². The number of alkyl halides is 4. The fourth-order valence-electron chi connectivity index (χ4n) is 11.9. The topological polar surface area (TPSA) is 529 Å². The molecule has 0 spiro atoms. The molecule has 4 aromatic heterocycles. The lowest BCUT2D eigenvalue weighted by Gasteiger charge is -2.28. The van der Waals surface area contributed by atoms with Crippen molar-refractivity contribution in [3.63, 3.8) is 0 Å². The average molecular weight is 1960 g/mol. The number of halogens is 8. The van der Waals surface area contributed by atoms with Gasteiger partial charge in [-0.3, -0.25) is 93.6 Å². The fourth-order valence-corrected chi connectivity index (χ4v) is 17.6. The maximum absolute atomic E-state index is 15.9. The molecule has 0 saturated carbocycles. The third-order valence-corrected chi connectivity index (χ3v) is 24.7. The summed E-state index contributed by atoms with van der Waals surface area (Å²) in [5, 5.41) is 82.7. The van der Waals surface area contributed by atoms with Gasteiger partial charge in [0, 0.05) is 47.0 Å². The molecule has 0 aliphatic carbocycles. The molecule has 4 unspecified atom stereocenters. The molecular formula is C72H60F8N8O32P4S4. The number of terminal acetylenes is 4. The first-order valence-electron chi connectivity index (χ1n) is 38.3. The van der Waals surface area contributed by atoms with Gasteiger partial charge in [0.2, 0.25) is 0 Å². The molecule has 0 radical (unpaired) electrons. The van der Waals surface area contributed by atoms with Crippen LogP contribution in [0.4, 0.5) is 35.1 Å². The number of phosphoric ester groups is 4. The Bertz CT molecular complexity index is 7020. The Kier molecular flexibility index (Phi) is 25.5. The number of hydrogen-bond donors (Lipinski definition) is 12. The number of H-pyrrole nitrogens is 4. The van der Waals surface area contributed by atoms with Crippen molar-refractivity contribution < 1.29 is 176 Å². The Morgan fingerprint density at radius 3 is 0.961 bits per heavy atom. The maximum atomic E-state index is 15.9. The lowest BCUT2D eigenvalue weighted by Crippen LogP contribution is -2.43. The number of nitrogens with zero attached hydrogens (tertiary/aromatic N) is 4. The Balaban J connectivity index is 0.000000152. The number of aliphatic hydroxyl groups is 8. The van der Waals surface area contributed by atoms with Gasteiger partial charge in [0.05, 0.1) is 34.7 Å². The molecule has 4 fully saturated rings. The first kappa shape index (κ1) is 87.6. The predicted octanol–water partition coefficient (Wildman–Crippen LogP) is 6.71. The Labute approximate surface area is 738 Å². The van der Waals surface area contributed by atoms with E-state index >= 15 is 17.6 Å². The summed E-state index contributed by atoms with van der Waals surface area (Å²) in [5.74, 6) is -8.96. The van der Waals surface area contributed by atoms with Crippen LogP contribution in [0.3, 0.4) is 0 Å². The van der Waals surface area contributed by atoms with Crippen LogP contribution in [0.5, 0.6) is 23.0 Å². The van der Waals surface area contributed by atoms with E-state index in [4.69, 9.17) is 151 Å². The number of nitrogens with one attached hydrogen (secondary N) is 4. The van der Waals surface area contributed by atoms with E-state index in [-0.39, 0.29) is 84.7 Å². The van der Waals surface area contributed by atoms with Crippen LogP contribution in [-0.2, 0) is 99.8 Å². The van der Waals surface area contributed by atoms with Crippen LogP contribution in [-0.4, -0.2) is 178 Å². The maximum Gasteiger partial charge on any atom is 0.530 e. The molecule has 4 aromatic carbocycles. The normalized spacial score (nSPS) is 33.6. The highest BCUT2D eigenvalue weighted by Crippen LogP contribution is 2.60. The fraction of sp³-hybridized carbons (Fsp3) is 0.333. The van der Waals surface area contributed by atoms with E-state index in [0.29, 0.717) is 9.13 Å². The number of aromatic nitrogens is 8. The largest absolute Gasteiger partial charge is 0.530 e. The number of fused-ring (bicyclic) bond motifs is 4. The summed E-state index contributed by atoms with van der Waals surface area (Å²) >= 11 is 19.8. The zero-order chi connectivity index (χ0) is 98.5. The van der Waals surface area contributed by atoms with Crippen LogP contribution in [0.25, 0.3) is 0 Å². The predicted molar refractivity (Wildman–Crippen MR) is 421 cm³/mol. The molecule has 20 atom stereocenters. The second-order valence-electron chi connectivity index (χ2n) is 26.9. The zero-order valence-corrected chi connectivity index (χ0v) is 70.0. The minimum absolute atomic E-state index is 0.0149. The highest BCUT2D eigenvalue weighted by Gasteiger charge is 2.62. The number of ether oxygens (including phenoxy) is 4. The van der Waals surface area contributed by atoms with Gasteiger partial charge in [-0.25, -0.2) is 53.4 Å². The van der Waals surface area contributed by atoms with Gasteiger partial charge in [-0.15, -0.1) is 25.7 Å². The van der Waals surface area contributed by atoms with E-state index in [9.17, 15) is 95.9 Å². The Hall–Kier alpha value is -9.72. The average Bonchev–Trinajstić information content (AvgIpc) is 1.56. The third-order valence-electron chi connectivity index (χ3n) is 18.5. The second-order valence-corrected chi connectivity index (χ2v) is 34.7. The molecule has 4 saturated heterocycles. The SMILES string of the molecule is C#Cc1cn([C@@H]2O[C@](F)(COP3(=O)OCc4cc(F)ccc4O3)[C@@H](O)[C@H]2O)c(=S)[nH]c1=O.[2H]C([2H])(OP1(=O)OCc2cc(F)ccc2O1)[C@@]1(F)O[C@@H](n2cc(C#C)c(=O)[nH]c2=S)[C@H](O)[C@@H]1O.[2H]C([2H])(OP1(=O)OCc2cc(F)ccc2O1)[C@@]1(F)O[C@@]([2H])(n2cc(C#C)c(=O)[nH]c2=S)[C@H](O)[C@@H]1O.[2H][C@@]1(n2cc(C#C)c(=O)[nH]c2=S)O[C@](F)(COP2(=O)OCc3cc(F)ccc3O2)[C@@H](O)[C@H]1O. The number of benzene rings is 4. The molecule has 8 aliphatic heterocycles. The number of aromatic amines is 4. The van der Waals surface area contributed by atoms with Gasteiger partial charge in [-0.1, -0.05) is 23.7 Å². The van der Waals surface area contributed by atoms with E-state index in [1.807, 2.05) is 17.8 Å². The molecule has 16 rings (SSSR count). The van der Waals surface area contributed by atoms with Crippen LogP contribution >= 0.6 is 80.2 Å². The smallest absolute Gasteiger partial charge is 0.404 e. The highest BCUT2D eigenvalue weighted by atomic mass is 32.1. The van der Waals surface area contributed by atoms with E-state index in [2.05, 4.69) is 30.4 Å². The van der Waals surface area contributed by atoms with Crippen LogP contribution in [0, 0.1) is 91.7 Å². The van der Waals surface area contributed by atoms with Gasteiger partial charge in [-0.05, 0) is 122 Å². The van der Waals surface area contributed by atoms with Gasteiger partial charge in [-0.2, -0.15) is 0 Å². The summed E-state index contributed by atoms with van der Waals surface area (Å²) < 4.78 is 296. The molecule has 8 aliphatic rings. The molecular weight excluding hydrogens is 1890 g/mol. The summed E-state index contributed by atoms with van der Waals surface area (Å²) in [4.78, 5) is 55.7. The lowest BCUT2D eigenvalue weighted by atomic mass is 10.1. The minimum atomic E-state index is -4.94. The number of aliphatic hydroxyl groups excluding tert-OH is 8. The van der Waals surface area contributed by atoms with Crippen molar-refractivity contribution in [3.05, 3.63) is 226 Å². The molecule has 8 aromatic rings. The van der Waals surface area contributed by atoms with Gasteiger partial charge in [0.15, 0.2) is 43.9 Å². The molecule has 12 N–H and O–H groups in total. The van der Waals surface area contributed by atoms with Crippen molar-refractivity contribution >= 4 is 80.2 Å². The number of hydrogen-bond acceptors (Lipinski definition) is 36. The van der Waals surface area contributed by atoms with Crippen molar-refractivity contribution in [2.75, 3.05) is 26.3 Å². The van der Waals surface area contributed by atoms with Crippen LogP contribution in [0.1, 0.15) is 77.6 Å². The summed E-state index contributed by atoms with van der Waals surface area (Å²) in [6, 6.07) is 12.8. The Morgan fingerprint density at radius 1 is 0.406 bits per heavy atom. The van der Waals surface area contributed by atoms with Crippen LogP contribution in [0.15, 0.2) is 117 Å². The molecule has 12 heterocycles. The molecule has 0 amide bonds. The quantitative estimate of drug-likeness (QED) is 0.0207. The van der Waals surface area contributed by atoms with E-state index in [1.54, 1.807) is 0 Å². The highest BCUT2D eigenvalue weighted by molar-refractivity contribution is 7.71. The summed E-state index contributed by atoms with van der Waals surface area (Å²) in [7, 11) is -18.6. The van der Waals surface area contributed by atoms with Crippen LogP contribution < -0.4 is 40.3 Å². The standard InChI is InChI=1S/4C18H15F2N2O8PS/c4*1-2-9-6-22(17(32)21-15(9)25)16-13(23)14(24)18(20,29-16)8-28-31(26)27-7-10-5-11(19)3-4-12(10)30-31/h4*1,3-6,13-14,16,23-24H,7-8H2,(H,21,25,32)/t4*13-,14+,16-,18-,31?/m1111/s1/i8D2,16D;16D;8D2;. The lowest BCUT2D eigenvalue weighted by molar-refractivity contribution is -0.205. The first-order chi connectivity index (χ1) is 62.4. The summed E-state index contributed by atoms with van der Waals surface area (Å²) in [6.45, 7) is -11.9. The van der Waals surface area contributed by atoms with E-state index in [0.717, 1.165) is 94.6 Å². The first-order valence-corrected chi connectivity index (χ1v) is 42.8. The molecule has 0 bridgehead atoms. The summed E-state index contributed by atoms with van der Waals surface area (Å²) in [6.07, 6.45) is -3.69. The van der Waals surface area contributed by atoms with E-state index in [1.165, 1.54) is 12.1 Å². The van der Waals surface area contributed by atoms with Crippen LogP contribution in [0.2, 0.25) is 0 Å². The van der Waals surface area contributed by atoms with Crippen molar-refractivity contribution in [2.24, 2.45) is 0 Å².